The van der Waals surface area contributed by atoms with Crippen LogP contribution in [0.4, 0.5) is 0 Å². The van der Waals surface area contributed by atoms with Crippen molar-refractivity contribution in [2.45, 2.75) is 32.1 Å². The Bertz CT molecular complexity index is 981. The number of rotatable bonds is 9. The van der Waals surface area contributed by atoms with Crippen molar-refractivity contribution >= 4 is 11.9 Å². The lowest BCUT2D eigenvalue weighted by molar-refractivity contribution is -0.138. The third-order valence-electron chi connectivity index (χ3n) is 5.31. The van der Waals surface area contributed by atoms with Crippen LogP contribution >= 0.6 is 0 Å². The molecule has 1 amide bonds. The molecule has 1 unspecified atom stereocenters. The van der Waals surface area contributed by atoms with Crippen molar-refractivity contribution in [3.63, 3.8) is 0 Å². The summed E-state index contributed by atoms with van der Waals surface area (Å²) in [7, 11) is 0. The van der Waals surface area contributed by atoms with Gasteiger partial charge in [-0.3, -0.25) is 9.59 Å². The number of carbonyl (C=O) groups is 2. The van der Waals surface area contributed by atoms with Crippen molar-refractivity contribution in [1.82, 2.24) is 5.32 Å². The Balaban J connectivity index is 1.52. The highest BCUT2D eigenvalue weighted by molar-refractivity contribution is 5.78. The lowest BCUT2D eigenvalue weighted by Crippen LogP contribution is -2.27. The molecule has 154 valence electrons. The number of carboxylic acid groups (broad SMARTS) is 1. The van der Waals surface area contributed by atoms with Gasteiger partial charge in [-0.2, -0.15) is 0 Å². The summed E-state index contributed by atoms with van der Waals surface area (Å²) in [6.45, 7) is 2.69. The van der Waals surface area contributed by atoms with E-state index in [-0.39, 0.29) is 5.91 Å². The van der Waals surface area contributed by atoms with E-state index in [4.69, 9.17) is 0 Å². The molecule has 0 heterocycles. The predicted octanol–water partition coefficient (Wildman–Crippen LogP) is 4.31. The number of carboxylic acids is 1. The van der Waals surface area contributed by atoms with Crippen LogP contribution in [0.25, 0.3) is 0 Å². The van der Waals surface area contributed by atoms with Gasteiger partial charge >= 0.3 is 5.97 Å². The molecule has 4 heteroatoms. The fourth-order valence-electron chi connectivity index (χ4n) is 3.54. The maximum Gasteiger partial charge on any atom is 0.311 e. The zero-order chi connectivity index (χ0) is 21.3. The largest absolute Gasteiger partial charge is 0.481 e. The molecule has 0 radical (unpaired) electrons. The molecule has 0 aliphatic heterocycles. The van der Waals surface area contributed by atoms with E-state index in [9.17, 15) is 14.7 Å². The molecule has 3 aromatic rings. The third kappa shape index (κ3) is 6.05. The second kappa shape index (κ2) is 10.4. The molecule has 0 aromatic heterocycles. The molecule has 0 fully saturated rings. The Hall–Kier alpha value is -3.40. The van der Waals surface area contributed by atoms with E-state index in [0.717, 1.165) is 23.1 Å². The highest BCUT2D eigenvalue weighted by Crippen LogP contribution is 2.21. The van der Waals surface area contributed by atoms with Gasteiger partial charge in [-0.25, -0.2) is 0 Å². The molecule has 2 N–H and O–H groups in total. The molecule has 1 atom stereocenters. The average Bonchev–Trinajstić information content (AvgIpc) is 2.75. The number of carbonyl (C=O) groups excluding carboxylic acids is 1. The van der Waals surface area contributed by atoms with Gasteiger partial charge in [0.15, 0.2) is 0 Å². The molecule has 0 saturated heterocycles. The molecule has 3 aromatic carbocycles. The van der Waals surface area contributed by atoms with Crippen LogP contribution in [0.1, 0.15) is 33.7 Å². The molecular weight excluding hydrogens is 374 g/mol. The van der Waals surface area contributed by atoms with Crippen molar-refractivity contribution in [2.75, 3.05) is 6.54 Å². The SMILES string of the molecule is Cc1ccccc1CCNC(=O)Cc1ccc(CC(C(=O)O)c2ccccc2)cc1. The molecule has 0 aliphatic carbocycles. The van der Waals surface area contributed by atoms with Gasteiger partial charge in [0, 0.05) is 6.54 Å². The number of benzene rings is 3. The molecule has 4 nitrogen and oxygen atoms in total. The number of aryl methyl sites for hydroxylation is 1. The van der Waals surface area contributed by atoms with Gasteiger partial charge in [-0.15, -0.1) is 0 Å². The molecule has 0 spiro atoms. The highest BCUT2D eigenvalue weighted by Gasteiger charge is 2.20. The van der Waals surface area contributed by atoms with Gasteiger partial charge in [-0.05, 0) is 47.6 Å². The molecule has 3 rings (SSSR count). The van der Waals surface area contributed by atoms with E-state index in [1.54, 1.807) is 0 Å². The van der Waals surface area contributed by atoms with Crippen molar-refractivity contribution in [3.8, 4) is 0 Å². The number of amides is 1. The Morgan fingerprint density at radius 1 is 0.867 bits per heavy atom. The van der Waals surface area contributed by atoms with Crippen LogP contribution < -0.4 is 5.32 Å². The van der Waals surface area contributed by atoms with E-state index in [1.807, 2.05) is 66.7 Å². The summed E-state index contributed by atoms with van der Waals surface area (Å²) < 4.78 is 0. The van der Waals surface area contributed by atoms with Gasteiger partial charge in [0.25, 0.3) is 0 Å². The van der Waals surface area contributed by atoms with Crippen molar-refractivity contribution < 1.29 is 14.7 Å². The van der Waals surface area contributed by atoms with Crippen LogP contribution in [0.3, 0.4) is 0 Å². The normalized spacial score (nSPS) is 11.6. The minimum absolute atomic E-state index is 0.0102. The van der Waals surface area contributed by atoms with Crippen LogP contribution in [0.2, 0.25) is 0 Å². The minimum Gasteiger partial charge on any atom is -0.481 e. The van der Waals surface area contributed by atoms with E-state index in [2.05, 4.69) is 24.4 Å². The first-order valence-electron chi connectivity index (χ1n) is 10.2. The summed E-state index contributed by atoms with van der Waals surface area (Å²) in [5, 5.41) is 12.6. The summed E-state index contributed by atoms with van der Waals surface area (Å²) in [5.74, 6) is -1.43. The zero-order valence-corrected chi connectivity index (χ0v) is 17.2. The first-order chi connectivity index (χ1) is 14.5. The summed E-state index contributed by atoms with van der Waals surface area (Å²) in [5.41, 5.74) is 5.13. The number of hydrogen-bond acceptors (Lipinski definition) is 2. The summed E-state index contributed by atoms with van der Waals surface area (Å²) >= 11 is 0. The highest BCUT2D eigenvalue weighted by atomic mass is 16.4. The van der Waals surface area contributed by atoms with E-state index < -0.39 is 11.9 Å². The first-order valence-corrected chi connectivity index (χ1v) is 10.2. The molecule has 0 saturated carbocycles. The Kier molecular flexibility index (Phi) is 7.39. The van der Waals surface area contributed by atoms with Gasteiger partial charge < -0.3 is 10.4 Å². The topological polar surface area (TPSA) is 66.4 Å². The fourth-order valence-corrected chi connectivity index (χ4v) is 3.54. The quantitative estimate of drug-likeness (QED) is 0.562. The molecular formula is C26H27NO3. The second-order valence-corrected chi connectivity index (χ2v) is 7.53. The average molecular weight is 402 g/mol. The Morgan fingerprint density at radius 2 is 1.50 bits per heavy atom. The van der Waals surface area contributed by atoms with Crippen LogP contribution in [0.15, 0.2) is 78.9 Å². The van der Waals surface area contributed by atoms with Crippen molar-refractivity contribution in [2.24, 2.45) is 0 Å². The van der Waals surface area contributed by atoms with E-state index in [0.29, 0.717) is 19.4 Å². The smallest absolute Gasteiger partial charge is 0.311 e. The standard InChI is InChI=1S/C26H27NO3/c1-19-7-5-6-8-22(19)15-16-27-25(28)18-21-13-11-20(12-14-21)17-24(26(29)30)23-9-3-2-4-10-23/h2-14,24H,15-18H2,1H3,(H,27,28)(H,29,30). The molecule has 30 heavy (non-hydrogen) atoms. The van der Waals surface area contributed by atoms with Gasteiger partial charge in [0.1, 0.15) is 0 Å². The Labute approximate surface area is 177 Å². The third-order valence-corrected chi connectivity index (χ3v) is 5.31. The predicted molar refractivity (Wildman–Crippen MR) is 119 cm³/mol. The van der Waals surface area contributed by atoms with Gasteiger partial charge in [0.2, 0.25) is 5.91 Å². The Morgan fingerprint density at radius 3 is 2.17 bits per heavy atom. The number of nitrogens with one attached hydrogen (secondary N) is 1. The lowest BCUT2D eigenvalue weighted by atomic mass is 9.91. The van der Waals surface area contributed by atoms with Crippen LogP contribution in [-0.2, 0) is 28.9 Å². The maximum atomic E-state index is 12.2. The van der Waals surface area contributed by atoms with Crippen LogP contribution in [0, 0.1) is 6.92 Å². The molecule has 0 aliphatic rings. The van der Waals surface area contributed by atoms with Crippen molar-refractivity contribution in [3.05, 3.63) is 107 Å². The van der Waals surface area contributed by atoms with Crippen molar-refractivity contribution in [1.29, 1.82) is 0 Å². The van der Waals surface area contributed by atoms with Gasteiger partial charge in [0.05, 0.1) is 12.3 Å². The van der Waals surface area contributed by atoms with E-state index >= 15 is 0 Å². The maximum absolute atomic E-state index is 12.2. The molecule has 0 bridgehead atoms. The first kappa shape index (κ1) is 21.3. The van der Waals surface area contributed by atoms with Gasteiger partial charge in [-0.1, -0.05) is 78.9 Å². The van der Waals surface area contributed by atoms with Crippen LogP contribution in [0.5, 0.6) is 0 Å². The monoisotopic (exact) mass is 401 g/mol. The summed E-state index contributed by atoms with van der Waals surface area (Å²) in [6, 6.07) is 25.1. The number of hydrogen-bond donors (Lipinski definition) is 2. The van der Waals surface area contributed by atoms with Crippen LogP contribution in [-0.4, -0.2) is 23.5 Å². The number of aliphatic carboxylic acids is 1. The minimum atomic E-state index is -0.835. The lowest BCUT2D eigenvalue weighted by Gasteiger charge is -2.13. The zero-order valence-electron chi connectivity index (χ0n) is 17.2. The summed E-state index contributed by atoms with van der Waals surface area (Å²) in [4.78, 5) is 23.9. The van der Waals surface area contributed by atoms with E-state index in [1.165, 1.54) is 11.1 Å². The fraction of sp³-hybridized carbons (Fsp3) is 0.231. The second-order valence-electron chi connectivity index (χ2n) is 7.53. The summed E-state index contributed by atoms with van der Waals surface area (Å²) in [6.07, 6.45) is 1.55.